The highest BCUT2D eigenvalue weighted by atomic mass is 16.4. The first-order valence-electron chi connectivity index (χ1n) is 9.30. The van der Waals surface area contributed by atoms with Crippen LogP contribution in [0, 0.1) is 0 Å². The summed E-state index contributed by atoms with van der Waals surface area (Å²) in [6.07, 6.45) is 0. The summed E-state index contributed by atoms with van der Waals surface area (Å²) in [7, 11) is 0. The highest BCUT2D eigenvalue weighted by molar-refractivity contribution is 6.02. The van der Waals surface area contributed by atoms with Gasteiger partial charge in [0.25, 0.3) is 0 Å². The van der Waals surface area contributed by atoms with Crippen LogP contribution < -0.4 is 10.9 Å². The number of carbonyl (C=O) groups is 1. The van der Waals surface area contributed by atoms with E-state index in [9.17, 15) is 9.59 Å². The van der Waals surface area contributed by atoms with Gasteiger partial charge in [-0.25, -0.2) is 4.79 Å². The van der Waals surface area contributed by atoms with Gasteiger partial charge in [0.05, 0.1) is 0 Å². The van der Waals surface area contributed by atoms with Gasteiger partial charge in [-0.05, 0) is 11.1 Å². The molecule has 1 heterocycles. The fraction of sp³-hybridized carbons (Fsp3) is 0.0400. The summed E-state index contributed by atoms with van der Waals surface area (Å²) in [6, 6.07) is 28.8. The predicted octanol–water partition coefficient (Wildman–Crippen LogP) is 5.60. The van der Waals surface area contributed by atoms with Gasteiger partial charge in [0.2, 0.25) is 5.91 Å². The number of carbonyl (C=O) groups excluding carboxylic acids is 1. The van der Waals surface area contributed by atoms with Crippen molar-refractivity contribution in [3.63, 3.8) is 0 Å². The summed E-state index contributed by atoms with van der Waals surface area (Å²) in [5.41, 5.74) is 3.45. The van der Waals surface area contributed by atoms with Crippen molar-refractivity contribution in [3.05, 3.63) is 101 Å². The molecule has 0 aliphatic heterocycles. The van der Waals surface area contributed by atoms with E-state index in [0.29, 0.717) is 11.3 Å². The number of hydrogen-bond donors (Lipinski definition) is 1. The SMILES string of the molecule is CC(=O)Nc1c(-c2ccccc2)c(-c2ccccc2)c(-c2ccccc2)oc1=O. The Morgan fingerprint density at radius 2 is 1.14 bits per heavy atom. The molecule has 1 amide bonds. The van der Waals surface area contributed by atoms with Crippen molar-refractivity contribution >= 4 is 11.6 Å². The molecule has 4 aromatic rings. The zero-order valence-electron chi connectivity index (χ0n) is 15.9. The smallest absolute Gasteiger partial charge is 0.360 e. The Balaban J connectivity index is 2.16. The number of hydrogen-bond acceptors (Lipinski definition) is 3. The molecule has 4 rings (SSSR count). The summed E-state index contributed by atoms with van der Waals surface area (Å²) in [5, 5.41) is 2.68. The number of anilines is 1. The average molecular weight is 381 g/mol. The molecule has 0 fully saturated rings. The van der Waals surface area contributed by atoms with Gasteiger partial charge in [0.1, 0.15) is 11.4 Å². The van der Waals surface area contributed by atoms with Crippen molar-refractivity contribution in [2.45, 2.75) is 6.92 Å². The minimum absolute atomic E-state index is 0.141. The van der Waals surface area contributed by atoms with Crippen molar-refractivity contribution in [3.8, 4) is 33.6 Å². The highest BCUT2D eigenvalue weighted by Crippen LogP contribution is 2.42. The van der Waals surface area contributed by atoms with Gasteiger partial charge in [-0.2, -0.15) is 0 Å². The van der Waals surface area contributed by atoms with Gasteiger partial charge in [0, 0.05) is 23.6 Å². The van der Waals surface area contributed by atoms with E-state index in [1.54, 1.807) is 0 Å². The van der Waals surface area contributed by atoms with Gasteiger partial charge >= 0.3 is 5.63 Å². The van der Waals surface area contributed by atoms with Crippen molar-refractivity contribution < 1.29 is 9.21 Å². The van der Waals surface area contributed by atoms with Crippen LogP contribution in [-0.2, 0) is 4.79 Å². The van der Waals surface area contributed by atoms with E-state index in [4.69, 9.17) is 4.42 Å². The Labute approximate surface area is 168 Å². The van der Waals surface area contributed by atoms with Crippen LogP contribution in [0.4, 0.5) is 5.69 Å². The standard InChI is InChI=1S/C25H19NO3/c1-17(27)26-23-21(18-11-5-2-6-12-18)22(19-13-7-3-8-14-19)24(29-25(23)28)20-15-9-4-10-16-20/h2-16H,1H3,(H,26,27). The second-order valence-electron chi connectivity index (χ2n) is 6.62. The summed E-state index contributed by atoms with van der Waals surface area (Å²) in [5.74, 6) is 0.135. The molecule has 4 heteroatoms. The minimum atomic E-state index is -0.586. The zero-order valence-corrected chi connectivity index (χ0v) is 15.9. The first-order chi connectivity index (χ1) is 14.1. The van der Waals surface area contributed by atoms with Gasteiger partial charge in [0.15, 0.2) is 0 Å². The van der Waals surface area contributed by atoms with Crippen molar-refractivity contribution in [2.24, 2.45) is 0 Å². The molecule has 0 radical (unpaired) electrons. The topological polar surface area (TPSA) is 59.3 Å². The third-order valence-corrected chi connectivity index (χ3v) is 4.59. The second-order valence-corrected chi connectivity index (χ2v) is 6.62. The fourth-order valence-electron chi connectivity index (χ4n) is 3.39. The van der Waals surface area contributed by atoms with Crippen LogP contribution in [0.25, 0.3) is 33.6 Å². The lowest BCUT2D eigenvalue weighted by Crippen LogP contribution is -2.17. The Hall–Kier alpha value is -3.92. The number of benzene rings is 3. The summed E-state index contributed by atoms with van der Waals surface area (Å²) < 4.78 is 5.77. The summed E-state index contributed by atoms with van der Waals surface area (Å²) in [4.78, 5) is 24.8. The van der Waals surface area contributed by atoms with E-state index in [-0.39, 0.29) is 11.6 Å². The second kappa shape index (κ2) is 7.98. The average Bonchev–Trinajstić information content (AvgIpc) is 2.76. The first-order valence-corrected chi connectivity index (χ1v) is 9.30. The maximum atomic E-state index is 12.9. The molecule has 0 aliphatic carbocycles. The molecule has 0 spiro atoms. The van der Waals surface area contributed by atoms with Gasteiger partial charge in [-0.1, -0.05) is 91.0 Å². The molecule has 3 aromatic carbocycles. The van der Waals surface area contributed by atoms with Crippen LogP contribution in [0.15, 0.2) is 100 Å². The lowest BCUT2D eigenvalue weighted by molar-refractivity contribution is -0.114. The monoisotopic (exact) mass is 381 g/mol. The quantitative estimate of drug-likeness (QED) is 0.501. The van der Waals surface area contributed by atoms with Gasteiger partial charge in [-0.15, -0.1) is 0 Å². The normalized spacial score (nSPS) is 10.5. The van der Waals surface area contributed by atoms with Gasteiger partial charge in [-0.3, -0.25) is 4.79 Å². The van der Waals surface area contributed by atoms with E-state index in [1.165, 1.54) is 6.92 Å². The maximum Gasteiger partial charge on any atom is 0.360 e. The molecule has 1 N–H and O–H groups in total. The van der Waals surface area contributed by atoms with Crippen LogP contribution in [0.5, 0.6) is 0 Å². The first kappa shape index (κ1) is 18.4. The largest absolute Gasteiger partial charge is 0.421 e. The van der Waals surface area contributed by atoms with Crippen molar-refractivity contribution in [1.82, 2.24) is 0 Å². The molecular weight excluding hydrogens is 362 g/mol. The van der Waals surface area contributed by atoms with Crippen LogP contribution >= 0.6 is 0 Å². The number of rotatable bonds is 4. The molecule has 0 bridgehead atoms. The summed E-state index contributed by atoms with van der Waals surface area (Å²) >= 11 is 0. The van der Waals surface area contributed by atoms with E-state index in [2.05, 4.69) is 5.32 Å². The molecule has 0 saturated heterocycles. The molecule has 142 valence electrons. The molecule has 1 aromatic heterocycles. The molecule has 0 unspecified atom stereocenters. The van der Waals surface area contributed by atoms with Crippen molar-refractivity contribution in [1.29, 1.82) is 0 Å². The molecule has 4 nitrogen and oxygen atoms in total. The fourth-order valence-corrected chi connectivity index (χ4v) is 3.39. The lowest BCUT2D eigenvalue weighted by atomic mass is 9.91. The third kappa shape index (κ3) is 3.73. The lowest BCUT2D eigenvalue weighted by Gasteiger charge is -2.18. The van der Waals surface area contributed by atoms with E-state index >= 15 is 0 Å². The van der Waals surface area contributed by atoms with E-state index < -0.39 is 5.63 Å². The van der Waals surface area contributed by atoms with Crippen LogP contribution in [0.3, 0.4) is 0 Å². The maximum absolute atomic E-state index is 12.9. The molecule has 0 aliphatic rings. The van der Waals surface area contributed by atoms with Crippen molar-refractivity contribution in [2.75, 3.05) is 5.32 Å². The van der Waals surface area contributed by atoms with Crippen LogP contribution in [0.1, 0.15) is 6.92 Å². The Kier molecular flexibility index (Phi) is 5.08. The van der Waals surface area contributed by atoms with E-state index in [1.807, 2.05) is 91.0 Å². The van der Waals surface area contributed by atoms with Gasteiger partial charge < -0.3 is 9.73 Å². The van der Waals surface area contributed by atoms with E-state index in [0.717, 1.165) is 22.3 Å². The minimum Gasteiger partial charge on any atom is -0.421 e. The Morgan fingerprint density at radius 1 is 0.690 bits per heavy atom. The zero-order chi connectivity index (χ0) is 20.2. The number of nitrogens with one attached hydrogen (secondary N) is 1. The Morgan fingerprint density at radius 3 is 1.62 bits per heavy atom. The van der Waals surface area contributed by atoms with Crippen LogP contribution in [-0.4, -0.2) is 5.91 Å². The van der Waals surface area contributed by atoms with Crippen LogP contribution in [0.2, 0.25) is 0 Å². The molecule has 29 heavy (non-hydrogen) atoms. The molecule has 0 saturated carbocycles. The third-order valence-electron chi connectivity index (χ3n) is 4.59. The molecule has 0 atom stereocenters. The predicted molar refractivity (Wildman–Crippen MR) is 116 cm³/mol. The summed E-state index contributed by atoms with van der Waals surface area (Å²) in [6.45, 7) is 1.38. The Bertz CT molecular complexity index is 1200. The molecular formula is C25H19NO3. The highest BCUT2D eigenvalue weighted by Gasteiger charge is 2.23. The number of amides is 1.